The van der Waals surface area contributed by atoms with E-state index in [1.54, 1.807) is 13.8 Å². The summed E-state index contributed by atoms with van der Waals surface area (Å²) in [5, 5.41) is 19.2. The Morgan fingerprint density at radius 2 is 1.20 bits per heavy atom. The van der Waals surface area contributed by atoms with E-state index in [1.165, 1.54) is 13.8 Å². The number of halogens is 6. The summed E-state index contributed by atoms with van der Waals surface area (Å²) in [5.74, 6) is 0. The smallest absolute Gasteiger partial charge is 0.427 e. The van der Waals surface area contributed by atoms with Crippen molar-refractivity contribution in [3.05, 3.63) is 29.8 Å². The monoisotopic (exact) mass is 371 g/mol. The van der Waals surface area contributed by atoms with E-state index in [0.29, 0.717) is 12.1 Å². The molecule has 1 rings (SSSR count). The van der Waals surface area contributed by atoms with Crippen LogP contribution in [0.25, 0.3) is 0 Å². The van der Waals surface area contributed by atoms with Crippen molar-refractivity contribution in [3.8, 4) is 0 Å². The molecule has 0 heterocycles. The van der Waals surface area contributed by atoms with Crippen LogP contribution >= 0.6 is 0 Å². The van der Waals surface area contributed by atoms with Crippen LogP contribution in [-0.4, -0.2) is 41.3 Å². The topological polar surface area (TPSA) is 49.7 Å². The van der Waals surface area contributed by atoms with Gasteiger partial charge in [0.25, 0.3) is 5.60 Å². The molecular formula is C15H18BF6O3. The van der Waals surface area contributed by atoms with Crippen LogP contribution in [0.4, 0.5) is 26.3 Å². The largest absolute Gasteiger partial charge is 0.430 e. The summed E-state index contributed by atoms with van der Waals surface area (Å²) in [6, 6.07) is 2.93. The Kier molecular flexibility index (Phi) is 5.65. The Morgan fingerprint density at radius 3 is 1.52 bits per heavy atom. The highest BCUT2D eigenvalue weighted by molar-refractivity contribution is 6.47. The Balaban J connectivity index is 3.07. The van der Waals surface area contributed by atoms with Gasteiger partial charge in [-0.05, 0) is 27.7 Å². The third-order valence-corrected chi connectivity index (χ3v) is 4.11. The molecule has 0 aromatic heterocycles. The second-order valence-electron chi connectivity index (χ2n) is 6.63. The van der Waals surface area contributed by atoms with Crippen LogP contribution < -0.4 is 5.46 Å². The molecule has 141 valence electrons. The van der Waals surface area contributed by atoms with E-state index in [4.69, 9.17) is 4.65 Å². The van der Waals surface area contributed by atoms with E-state index in [9.17, 15) is 36.6 Å². The highest BCUT2D eigenvalue weighted by atomic mass is 19.4. The Morgan fingerprint density at radius 1 is 0.800 bits per heavy atom. The molecule has 0 aliphatic heterocycles. The summed E-state index contributed by atoms with van der Waals surface area (Å²) < 4.78 is 82.1. The maximum atomic E-state index is 12.8. The lowest BCUT2D eigenvalue weighted by molar-refractivity contribution is -0.376. The van der Waals surface area contributed by atoms with Crippen LogP contribution in [0.2, 0.25) is 0 Å². The van der Waals surface area contributed by atoms with Crippen LogP contribution in [0.1, 0.15) is 33.3 Å². The number of aliphatic hydroxyl groups is 2. The molecule has 0 fully saturated rings. The van der Waals surface area contributed by atoms with Gasteiger partial charge in [0.05, 0.1) is 11.2 Å². The zero-order valence-electron chi connectivity index (χ0n) is 14.0. The molecule has 1 aromatic rings. The van der Waals surface area contributed by atoms with Crippen molar-refractivity contribution < 1.29 is 41.2 Å². The van der Waals surface area contributed by atoms with Gasteiger partial charge in [0.15, 0.2) is 0 Å². The predicted molar refractivity (Wildman–Crippen MR) is 79.3 cm³/mol. The van der Waals surface area contributed by atoms with Crippen molar-refractivity contribution in [3.63, 3.8) is 0 Å². The van der Waals surface area contributed by atoms with Gasteiger partial charge in [0.2, 0.25) is 0 Å². The first-order valence-electron chi connectivity index (χ1n) is 7.13. The van der Waals surface area contributed by atoms with Crippen LogP contribution in [0.3, 0.4) is 0 Å². The molecule has 2 N–H and O–H groups in total. The third kappa shape index (κ3) is 4.29. The van der Waals surface area contributed by atoms with Gasteiger partial charge < -0.3 is 14.9 Å². The average molecular weight is 371 g/mol. The third-order valence-electron chi connectivity index (χ3n) is 4.11. The Labute approximate surface area is 141 Å². The zero-order valence-corrected chi connectivity index (χ0v) is 14.0. The normalized spacial score (nSPS) is 14.6. The number of rotatable bonds is 5. The molecule has 0 saturated heterocycles. The van der Waals surface area contributed by atoms with Gasteiger partial charge >= 0.3 is 19.8 Å². The Hall–Kier alpha value is -1.26. The van der Waals surface area contributed by atoms with Gasteiger partial charge in [-0.1, -0.05) is 29.7 Å². The SMILES string of the molecule is CC(C)(O)C(C)(C)O[B]c1ccc(C(O)(C(F)(F)F)C(F)(F)F)cc1. The van der Waals surface area contributed by atoms with E-state index in [1.807, 2.05) is 0 Å². The summed E-state index contributed by atoms with van der Waals surface area (Å²) >= 11 is 0. The Bertz CT molecular complexity index is 573. The summed E-state index contributed by atoms with van der Waals surface area (Å²) in [6.45, 7) is 6.08. The number of hydrogen-bond acceptors (Lipinski definition) is 3. The van der Waals surface area contributed by atoms with Crippen molar-refractivity contribution in [2.75, 3.05) is 0 Å². The average Bonchev–Trinajstić information content (AvgIpc) is 2.41. The van der Waals surface area contributed by atoms with Gasteiger partial charge in [-0.25, -0.2) is 0 Å². The molecule has 25 heavy (non-hydrogen) atoms. The standard InChI is InChI=1S/C15H18BF6O3/c1-11(2,23)12(3,4)25-16-10-7-5-9(6-8-10)13(24,14(17,18)19)15(20,21)22/h5-8,23-24H,1-4H3. The highest BCUT2D eigenvalue weighted by Gasteiger charge is 2.71. The first kappa shape index (κ1) is 21.8. The number of hydrogen-bond donors (Lipinski definition) is 2. The molecule has 0 aliphatic rings. The lowest BCUT2D eigenvalue weighted by Gasteiger charge is -2.37. The fraction of sp³-hybridized carbons (Fsp3) is 0.600. The van der Waals surface area contributed by atoms with Gasteiger partial charge in [0.1, 0.15) is 0 Å². The van der Waals surface area contributed by atoms with Crippen molar-refractivity contribution in [1.82, 2.24) is 0 Å². The molecule has 1 radical (unpaired) electrons. The fourth-order valence-electron chi connectivity index (χ4n) is 1.65. The highest BCUT2D eigenvalue weighted by Crippen LogP contribution is 2.49. The summed E-state index contributed by atoms with van der Waals surface area (Å²) in [7, 11) is 1.10. The van der Waals surface area contributed by atoms with Crippen molar-refractivity contribution in [2.24, 2.45) is 0 Å². The van der Waals surface area contributed by atoms with Crippen LogP contribution in [0.5, 0.6) is 0 Å². The number of alkyl halides is 6. The molecular weight excluding hydrogens is 353 g/mol. The molecule has 1 aromatic carbocycles. The zero-order chi connectivity index (χ0) is 19.9. The van der Waals surface area contributed by atoms with Crippen LogP contribution in [0, 0.1) is 0 Å². The van der Waals surface area contributed by atoms with Crippen molar-refractivity contribution in [1.29, 1.82) is 0 Å². The first-order valence-corrected chi connectivity index (χ1v) is 7.13. The molecule has 3 nitrogen and oxygen atoms in total. The predicted octanol–water partition coefficient (Wildman–Crippen LogP) is 2.81. The fourth-order valence-corrected chi connectivity index (χ4v) is 1.65. The maximum Gasteiger partial charge on any atom is 0.430 e. The van der Waals surface area contributed by atoms with Crippen molar-refractivity contribution >= 4 is 12.9 Å². The van der Waals surface area contributed by atoms with E-state index >= 15 is 0 Å². The van der Waals surface area contributed by atoms with Crippen LogP contribution in [0.15, 0.2) is 24.3 Å². The lowest BCUT2D eigenvalue weighted by atomic mass is 9.81. The lowest BCUT2D eigenvalue weighted by Crippen LogP contribution is -2.54. The minimum atomic E-state index is -5.93. The minimum Gasteiger partial charge on any atom is -0.427 e. The summed E-state index contributed by atoms with van der Waals surface area (Å²) in [5.41, 5.74) is -8.48. The second-order valence-corrected chi connectivity index (χ2v) is 6.63. The van der Waals surface area contributed by atoms with Gasteiger partial charge in [-0.15, -0.1) is 0 Å². The summed E-state index contributed by atoms with van der Waals surface area (Å²) in [6.07, 6.45) is -11.9. The van der Waals surface area contributed by atoms with Gasteiger partial charge in [0, 0.05) is 5.56 Å². The maximum absolute atomic E-state index is 12.8. The van der Waals surface area contributed by atoms with E-state index in [2.05, 4.69) is 0 Å². The molecule has 0 saturated carbocycles. The first-order chi connectivity index (χ1) is 10.9. The molecule has 0 bridgehead atoms. The van der Waals surface area contributed by atoms with Crippen molar-refractivity contribution in [2.45, 2.75) is 56.9 Å². The number of benzene rings is 1. The van der Waals surface area contributed by atoms with E-state index < -0.39 is 34.7 Å². The molecule has 0 atom stereocenters. The van der Waals surface area contributed by atoms with Gasteiger partial charge in [-0.3, -0.25) is 0 Å². The quantitative estimate of drug-likeness (QED) is 0.618. The molecule has 0 spiro atoms. The molecule has 0 unspecified atom stereocenters. The molecule has 10 heteroatoms. The second kappa shape index (κ2) is 6.48. The summed E-state index contributed by atoms with van der Waals surface area (Å²) in [4.78, 5) is 0. The van der Waals surface area contributed by atoms with E-state index in [0.717, 1.165) is 19.6 Å². The van der Waals surface area contributed by atoms with E-state index in [-0.39, 0.29) is 5.46 Å². The molecule has 0 aliphatic carbocycles. The van der Waals surface area contributed by atoms with Gasteiger partial charge in [-0.2, -0.15) is 26.3 Å². The molecule has 0 amide bonds. The van der Waals surface area contributed by atoms with Crippen LogP contribution in [-0.2, 0) is 10.3 Å². The minimum absolute atomic E-state index is 0.160.